The van der Waals surface area contributed by atoms with E-state index in [0.29, 0.717) is 18.3 Å². The van der Waals surface area contributed by atoms with Gasteiger partial charge < -0.3 is 4.74 Å². The van der Waals surface area contributed by atoms with Crippen molar-refractivity contribution in [2.24, 2.45) is 5.92 Å². The zero-order chi connectivity index (χ0) is 21.8. The average Bonchev–Trinajstić information content (AvgIpc) is 2.75. The van der Waals surface area contributed by atoms with Gasteiger partial charge in [0.2, 0.25) is 0 Å². The summed E-state index contributed by atoms with van der Waals surface area (Å²) in [5.41, 5.74) is -0.423. The highest BCUT2D eigenvalue weighted by Gasteiger charge is 2.58. The highest BCUT2D eigenvalue weighted by atomic mass is 19.3. The smallest absolute Gasteiger partial charge is 0.339 e. The molecule has 1 aliphatic carbocycles. The van der Waals surface area contributed by atoms with Crippen molar-refractivity contribution >= 4 is 0 Å². The maximum Gasteiger partial charge on any atom is 0.339 e. The molecule has 0 amide bonds. The molecule has 0 unspecified atom stereocenters. The number of hydrogen-bond donors (Lipinski definition) is 0. The molecule has 164 valence electrons. The van der Waals surface area contributed by atoms with Crippen LogP contribution in [0.3, 0.4) is 0 Å². The summed E-state index contributed by atoms with van der Waals surface area (Å²) in [6, 6.07) is 10.1. The number of halogens is 4. The second-order valence-corrected chi connectivity index (χ2v) is 8.23. The van der Waals surface area contributed by atoms with Crippen molar-refractivity contribution in [1.29, 1.82) is 0 Å². The first-order valence-corrected chi connectivity index (χ1v) is 10.9. The Morgan fingerprint density at radius 1 is 0.767 bits per heavy atom. The second kappa shape index (κ2) is 9.40. The van der Waals surface area contributed by atoms with Gasteiger partial charge in [-0.25, -0.2) is 0 Å². The van der Waals surface area contributed by atoms with Crippen LogP contribution in [0, 0.1) is 5.92 Å². The lowest BCUT2D eigenvalue weighted by molar-refractivity contribution is -0.223. The topological polar surface area (TPSA) is 9.23 Å². The molecular formula is C25H30F4O. The first kappa shape index (κ1) is 22.6. The van der Waals surface area contributed by atoms with Crippen molar-refractivity contribution in [2.75, 3.05) is 6.61 Å². The fourth-order valence-electron chi connectivity index (χ4n) is 4.45. The molecule has 0 aliphatic heterocycles. The largest absolute Gasteiger partial charge is 0.494 e. The van der Waals surface area contributed by atoms with Crippen LogP contribution in [0.25, 0.3) is 0 Å². The molecule has 0 spiro atoms. The van der Waals surface area contributed by atoms with Crippen LogP contribution in [-0.4, -0.2) is 6.61 Å². The van der Waals surface area contributed by atoms with Crippen LogP contribution >= 0.6 is 0 Å². The van der Waals surface area contributed by atoms with Gasteiger partial charge in [0.25, 0.3) is 0 Å². The van der Waals surface area contributed by atoms with Gasteiger partial charge in [0.15, 0.2) is 0 Å². The van der Waals surface area contributed by atoms with E-state index in [0.717, 1.165) is 61.4 Å². The van der Waals surface area contributed by atoms with E-state index in [2.05, 4.69) is 6.92 Å². The molecule has 1 saturated carbocycles. The van der Waals surface area contributed by atoms with E-state index in [1.54, 1.807) is 19.1 Å². The van der Waals surface area contributed by atoms with Gasteiger partial charge in [-0.3, -0.25) is 0 Å². The molecule has 0 saturated heterocycles. The third kappa shape index (κ3) is 4.65. The van der Waals surface area contributed by atoms with Crippen molar-refractivity contribution in [1.82, 2.24) is 0 Å². The highest BCUT2D eigenvalue weighted by Crippen LogP contribution is 2.50. The van der Waals surface area contributed by atoms with E-state index < -0.39 is 23.0 Å². The Balaban J connectivity index is 1.74. The van der Waals surface area contributed by atoms with E-state index in [1.165, 1.54) is 25.0 Å². The molecule has 5 heteroatoms. The maximum absolute atomic E-state index is 14.8. The Kier molecular flexibility index (Phi) is 7.10. The molecule has 0 atom stereocenters. The fourth-order valence-corrected chi connectivity index (χ4v) is 4.45. The molecule has 1 aliphatic rings. The van der Waals surface area contributed by atoms with Gasteiger partial charge in [-0.05, 0) is 74.3 Å². The Hall–Kier alpha value is -2.04. The second-order valence-electron chi connectivity index (χ2n) is 8.23. The van der Waals surface area contributed by atoms with Crippen molar-refractivity contribution in [3.8, 4) is 5.75 Å². The lowest BCUT2D eigenvalue weighted by Gasteiger charge is -2.30. The molecule has 0 N–H and O–H groups in total. The summed E-state index contributed by atoms with van der Waals surface area (Å²) in [7, 11) is 0. The predicted molar refractivity (Wildman–Crippen MR) is 111 cm³/mol. The Morgan fingerprint density at radius 3 is 1.73 bits per heavy atom. The van der Waals surface area contributed by atoms with Crippen molar-refractivity contribution < 1.29 is 22.3 Å². The van der Waals surface area contributed by atoms with E-state index in [9.17, 15) is 17.6 Å². The summed E-state index contributed by atoms with van der Waals surface area (Å²) in [5.74, 6) is -7.18. The molecule has 0 radical (unpaired) electrons. The minimum atomic E-state index is -4.32. The minimum Gasteiger partial charge on any atom is -0.494 e. The first-order chi connectivity index (χ1) is 14.3. The van der Waals surface area contributed by atoms with E-state index in [1.807, 2.05) is 0 Å². The van der Waals surface area contributed by atoms with E-state index in [-0.39, 0.29) is 0 Å². The molecule has 0 heterocycles. The van der Waals surface area contributed by atoms with Crippen molar-refractivity contribution in [3.05, 3.63) is 65.2 Å². The lowest BCUT2D eigenvalue weighted by Crippen LogP contribution is -2.35. The third-order valence-corrected chi connectivity index (χ3v) is 6.21. The highest BCUT2D eigenvalue weighted by molar-refractivity contribution is 5.35. The fraction of sp³-hybridized carbons (Fsp3) is 0.520. The molecule has 3 rings (SSSR count). The number of ether oxygens (including phenoxy) is 1. The zero-order valence-corrected chi connectivity index (χ0v) is 17.6. The molecule has 2 aromatic carbocycles. The molecule has 0 bridgehead atoms. The van der Waals surface area contributed by atoms with Crippen LogP contribution in [0.1, 0.15) is 75.0 Å². The minimum absolute atomic E-state index is 0.326. The van der Waals surface area contributed by atoms with Crippen molar-refractivity contribution in [3.63, 3.8) is 0 Å². The number of alkyl halides is 4. The predicted octanol–water partition coefficient (Wildman–Crippen LogP) is 8.04. The molecule has 1 fully saturated rings. The Morgan fingerprint density at radius 2 is 1.27 bits per heavy atom. The van der Waals surface area contributed by atoms with Gasteiger partial charge >= 0.3 is 11.8 Å². The lowest BCUT2D eigenvalue weighted by atomic mass is 9.77. The van der Waals surface area contributed by atoms with Crippen LogP contribution in [0.5, 0.6) is 5.75 Å². The molecule has 30 heavy (non-hydrogen) atoms. The van der Waals surface area contributed by atoms with Gasteiger partial charge in [0.1, 0.15) is 5.75 Å². The standard InChI is InChI=1S/C25H30F4O/c1-3-5-18-6-8-19(9-7-18)20-10-12-21(13-11-20)24(26,27)25(28,29)22-14-16-23(17-15-22)30-4-2/h10-19H,3-9H2,1-2H3. The molecular weight excluding hydrogens is 392 g/mol. The number of rotatable bonds is 8. The van der Waals surface area contributed by atoms with Crippen molar-refractivity contribution in [2.45, 2.75) is 70.1 Å². The maximum atomic E-state index is 14.8. The van der Waals surface area contributed by atoms with Gasteiger partial charge in [0, 0.05) is 11.1 Å². The summed E-state index contributed by atoms with van der Waals surface area (Å²) >= 11 is 0. The average molecular weight is 423 g/mol. The molecule has 0 aromatic heterocycles. The molecule has 1 nitrogen and oxygen atoms in total. The zero-order valence-electron chi connectivity index (χ0n) is 17.6. The normalized spacial score (nSPS) is 20.2. The number of benzene rings is 2. The quantitative estimate of drug-likeness (QED) is 0.391. The summed E-state index contributed by atoms with van der Waals surface area (Å²) in [6.45, 7) is 4.32. The Labute approximate surface area is 176 Å². The summed E-state index contributed by atoms with van der Waals surface area (Å²) in [4.78, 5) is 0. The van der Waals surface area contributed by atoms with Gasteiger partial charge in [-0.15, -0.1) is 0 Å². The van der Waals surface area contributed by atoms with E-state index in [4.69, 9.17) is 4.74 Å². The summed E-state index contributed by atoms with van der Waals surface area (Å²) in [5, 5.41) is 0. The monoisotopic (exact) mass is 422 g/mol. The van der Waals surface area contributed by atoms with Gasteiger partial charge in [-0.2, -0.15) is 17.6 Å². The van der Waals surface area contributed by atoms with E-state index >= 15 is 0 Å². The SMILES string of the molecule is CCCC1CCC(c2ccc(C(F)(F)C(F)(F)c3ccc(OCC)cc3)cc2)CC1. The molecule has 2 aromatic rings. The van der Waals surface area contributed by atoms with Crippen LogP contribution in [0.4, 0.5) is 17.6 Å². The third-order valence-electron chi connectivity index (χ3n) is 6.21. The first-order valence-electron chi connectivity index (χ1n) is 10.9. The summed E-state index contributed by atoms with van der Waals surface area (Å²) in [6.07, 6.45) is 6.77. The van der Waals surface area contributed by atoms with Crippen LogP contribution in [0.2, 0.25) is 0 Å². The Bertz CT molecular complexity index is 791. The van der Waals surface area contributed by atoms with Gasteiger partial charge in [0.05, 0.1) is 6.61 Å². The van der Waals surface area contributed by atoms with Crippen LogP contribution < -0.4 is 4.74 Å². The van der Waals surface area contributed by atoms with Crippen LogP contribution in [-0.2, 0) is 11.8 Å². The summed E-state index contributed by atoms with van der Waals surface area (Å²) < 4.78 is 64.2. The van der Waals surface area contributed by atoms with Crippen LogP contribution in [0.15, 0.2) is 48.5 Å². The van der Waals surface area contributed by atoms with Gasteiger partial charge in [-0.1, -0.05) is 44.0 Å². The number of hydrogen-bond acceptors (Lipinski definition) is 1.